The van der Waals surface area contributed by atoms with E-state index in [9.17, 15) is 14.4 Å². The molecule has 19 heavy (non-hydrogen) atoms. The monoisotopic (exact) mass is 267 g/mol. The number of nitrogens with one attached hydrogen (secondary N) is 1. The van der Waals surface area contributed by atoms with Gasteiger partial charge in [0.15, 0.2) is 0 Å². The van der Waals surface area contributed by atoms with Crippen molar-refractivity contribution in [2.45, 2.75) is 46.2 Å². The molecule has 0 aliphatic carbocycles. The molecule has 0 aliphatic heterocycles. The highest BCUT2D eigenvalue weighted by atomic mass is 16.2. The zero-order valence-electron chi connectivity index (χ0n) is 11.5. The van der Waals surface area contributed by atoms with Gasteiger partial charge in [-0.05, 0) is 12.8 Å². The molecule has 0 aliphatic rings. The standard InChI is InChI=1S/C13H21N3O3/c1-3-5-7-14-11(17)10-16-12(18)6-9-15(8-4-2)13(16)19/h6,9H,3-5,7-8,10H2,1-2H3,(H,14,17). The zero-order valence-corrected chi connectivity index (χ0v) is 11.5. The minimum Gasteiger partial charge on any atom is -0.355 e. The summed E-state index contributed by atoms with van der Waals surface area (Å²) in [6, 6.07) is 1.32. The molecule has 0 aromatic carbocycles. The van der Waals surface area contributed by atoms with Crippen molar-refractivity contribution < 1.29 is 4.79 Å². The van der Waals surface area contributed by atoms with Crippen LogP contribution < -0.4 is 16.6 Å². The maximum absolute atomic E-state index is 12.0. The van der Waals surface area contributed by atoms with E-state index in [-0.39, 0.29) is 12.5 Å². The van der Waals surface area contributed by atoms with E-state index in [1.165, 1.54) is 16.8 Å². The molecule has 0 radical (unpaired) electrons. The van der Waals surface area contributed by atoms with Gasteiger partial charge < -0.3 is 9.88 Å². The Labute approximate surface area is 112 Å². The van der Waals surface area contributed by atoms with E-state index in [1.54, 1.807) is 0 Å². The number of hydrogen-bond donors (Lipinski definition) is 1. The number of aromatic nitrogens is 2. The highest BCUT2D eigenvalue weighted by Crippen LogP contribution is 1.85. The van der Waals surface area contributed by atoms with Crippen molar-refractivity contribution in [3.63, 3.8) is 0 Å². The molecule has 1 heterocycles. The van der Waals surface area contributed by atoms with Crippen LogP contribution in [0.4, 0.5) is 0 Å². The number of carbonyl (C=O) groups is 1. The van der Waals surface area contributed by atoms with Gasteiger partial charge >= 0.3 is 5.69 Å². The summed E-state index contributed by atoms with van der Waals surface area (Å²) in [6.07, 6.45) is 4.13. The van der Waals surface area contributed by atoms with Crippen LogP contribution in [0.25, 0.3) is 0 Å². The van der Waals surface area contributed by atoms with Gasteiger partial charge in [0.1, 0.15) is 6.54 Å². The highest BCUT2D eigenvalue weighted by molar-refractivity contribution is 5.75. The molecule has 1 amide bonds. The Balaban J connectivity index is 2.82. The molecule has 0 unspecified atom stereocenters. The number of carbonyl (C=O) groups excluding carboxylic acids is 1. The molecule has 0 fully saturated rings. The summed E-state index contributed by atoms with van der Waals surface area (Å²) >= 11 is 0. The number of hydrogen-bond acceptors (Lipinski definition) is 3. The van der Waals surface area contributed by atoms with Crippen molar-refractivity contribution in [1.29, 1.82) is 0 Å². The van der Waals surface area contributed by atoms with Gasteiger partial charge in [-0.25, -0.2) is 4.79 Å². The fraction of sp³-hybridized carbons (Fsp3) is 0.615. The fourth-order valence-corrected chi connectivity index (χ4v) is 1.72. The molecule has 1 N–H and O–H groups in total. The minimum absolute atomic E-state index is 0.216. The van der Waals surface area contributed by atoms with Gasteiger partial charge in [-0.1, -0.05) is 20.3 Å². The summed E-state index contributed by atoms with van der Waals surface area (Å²) in [7, 11) is 0. The first-order valence-electron chi connectivity index (χ1n) is 6.67. The Morgan fingerprint density at radius 2 is 2.00 bits per heavy atom. The number of amides is 1. The van der Waals surface area contributed by atoms with Gasteiger partial charge in [-0.3, -0.25) is 14.2 Å². The molecular weight excluding hydrogens is 246 g/mol. The largest absolute Gasteiger partial charge is 0.355 e. The van der Waals surface area contributed by atoms with Crippen LogP contribution >= 0.6 is 0 Å². The van der Waals surface area contributed by atoms with Crippen LogP contribution in [-0.2, 0) is 17.9 Å². The predicted molar refractivity (Wildman–Crippen MR) is 73.2 cm³/mol. The number of unbranched alkanes of at least 4 members (excludes halogenated alkanes) is 1. The second-order valence-electron chi connectivity index (χ2n) is 4.42. The molecule has 1 aromatic heterocycles. The van der Waals surface area contributed by atoms with Crippen molar-refractivity contribution in [2.75, 3.05) is 6.54 Å². The molecule has 0 spiro atoms. The van der Waals surface area contributed by atoms with E-state index >= 15 is 0 Å². The summed E-state index contributed by atoms with van der Waals surface area (Å²) in [5.41, 5.74) is -0.872. The molecule has 0 atom stereocenters. The first-order valence-corrected chi connectivity index (χ1v) is 6.67. The predicted octanol–water partition coefficient (Wildman–Crippen LogP) is 0.336. The first kappa shape index (κ1) is 15.2. The molecule has 106 valence electrons. The van der Waals surface area contributed by atoms with E-state index in [0.717, 1.165) is 23.8 Å². The topological polar surface area (TPSA) is 73.1 Å². The lowest BCUT2D eigenvalue weighted by molar-refractivity contribution is -0.121. The Morgan fingerprint density at radius 1 is 1.26 bits per heavy atom. The summed E-state index contributed by atoms with van der Waals surface area (Å²) in [4.78, 5) is 35.3. The lowest BCUT2D eigenvalue weighted by atomic mass is 10.3. The summed E-state index contributed by atoms with van der Waals surface area (Å²) in [5, 5.41) is 2.69. The van der Waals surface area contributed by atoms with E-state index < -0.39 is 11.2 Å². The van der Waals surface area contributed by atoms with Gasteiger partial charge in [-0.2, -0.15) is 0 Å². The third-order valence-corrected chi connectivity index (χ3v) is 2.76. The quantitative estimate of drug-likeness (QED) is 0.724. The van der Waals surface area contributed by atoms with Crippen molar-refractivity contribution in [3.8, 4) is 0 Å². The Morgan fingerprint density at radius 3 is 2.63 bits per heavy atom. The molecule has 1 aromatic rings. The Bertz CT molecular complexity index is 531. The fourth-order valence-electron chi connectivity index (χ4n) is 1.72. The lowest BCUT2D eigenvalue weighted by Gasteiger charge is -2.09. The minimum atomic E-state index is -0.442. The third-order valence-electron chi connectivity index (χ3n) is 2.76. The molecule has 0 saturated carbocycles. The number of rotatable bonds is 7. The van der Waals surface area contributed by atoms with Gasteiger partial charge in [0.25, 0.3) is 5.56 Å². The van der Waals surface area contributed by atoms with Crippen LogP contribution in [0.15, 0.2) is 21.9 Å². The van der Waals surface area contributed by atoms with Crippen molar-refractivity contribution in [3.05, 3.63) is 33.1 Å². The summed E-state index contributed by atoms with van der Waals surface area (Å²) < 4.78 is 2.41. The molecule has 0 bridgehead atoms. The maximum Gasteiger partial charge on any atom is 0.331 e. The van der Waals surface area contributed by atoms with Gasteiger partial charge in [0.05, 0.1) is 0 Å². The number of nitrogens with zero attached hydrogens (tertiary/aromatic N) is 2. The van der Waals surface area contributed by atoms with Crippen LogP contribution in [0.3, 0.4) is 0 Å². The smallest absolute Gasteiger partial charge is 0.331 e. The second kappa shape index (κ2) is 7.56. The Hall–Kier alpha value is -1.85. The Kier molecular flexibility index (Phi) is 6.05. The SMILES string of the molecule is CCCCNC(=O)Cn1c(=O)ccn(CCC)c1=O. The van der Waals surface area contributed by atoms with E-state index in [1.807, 2.05) is 13.8 Å². The highest BCUT2D eigenvalue weighted by Gasteiger charge is 2.09. The van der Waals surface area contributed by atoms with Crippen LogP contribution in [0.1, 0.15) is 33.1 Å². The average molecular weight is 267 g/mol. The lowest BCUT2D eigenvalue weighted by Crippen LogP contribution is -2.43. The van der Waals surface area contributed by atoms with Crippen molar-refractivity contribution >= 4 is 5.91 Å². The van der Waals surface area contributed by atoms with Crippen molar-refractivity contribution in [1.82, 2.24) is 14.5 Å². The molecule has 0 saturated heterocycles. The van der Waals surface area contributed by atoms with Crippen LogP contribution in [0.2, 0.25) is 0 Å². The van der Waals surface area contributed by atoms with Gasteiger partial charge in [0, 0.05) is 25.4 Å². The summed E-state index contributed by atoms with van der Waals surface area (Å²) in [6.45, 7) is 4.86. The van der Waals surface area contributed by atoms with Crippen LogP contribution in [0, 0.1) is 0 Å². The molecule has 1 rings (SSSR count). The van der Waals surface area contributed by atoms with E-state index in [0.29, 0.717) is 13.1 Å². The van der Waals surface area contributed by atoms with E-state index in [4.69, 9.17) is 0 Å². The van der Waals surface area contributed by atoms with Gasteiger partial charge in [-0.15, -0.1) is 0 Å². The second-order valence-corrected chi connectivity index (χ2v) is 4.42. The normalized spacial score (nSPS) is 10.4. The molecule has 6 heteroatoms. The van der Waals surface area contributed by atoms with Crippen LogP contribution in [-0.4, -0.2) is 21.6 Å². The van der Waals surface area contributed by atoms with Crippen molar-refractivity contribution in [2.24, 2.45) is 0 Å². The molecule has 6 nitrogen and oxygen atoms in total. The summed E-state index contributed by atoms with van der Waals surface area (Å²) in [5.74, 6) is -0.304. The molecular formula is C13H21N3O3. The number of aryl methyl sites for hydroxylation is 1. The van der Waals surface area contributed by atoms with E-state index in [2.05, 4.69) is 5.32 Å². The maximum atomic E-state index is 12.0. The third kappa shape index (κ3) is 4.39. The van der Waals surface area contributed by atoms with Crippen LogP contribution in [0.5, 0.6) is 0 Å². The average Bonchev–Trinajstić information content (AvgIpc) is 2.38. The zero-order chi connectivity index (χ0) is 14.3. The first-order chi connectivity index (χ1) is 9.10. The van der Waals surface area contributed by atoms with Gasteiger partial charge in [0.2, 0.25) is 5.91 Å².